The standard InChI is InChI=1S/C8H6BrF3S/c1-13-8-4(3-9)2-5(10)6(11)7(8)12/h2H,3H2,1H3. The van der Waals surface area contributed by atoms with Crippen LogP contribution in [0.15, 0.2) is 11.0 Å². The highest BCUT2D eigenvalue weighted by Crippen LogP contribution is 2.29. The molecule has 1 rings (SSSR count). The normalized spacial score (nSPS) is 10.5. The zero-order valence-corrected chi connectivity index (χ0v) is 9.11. The number of hydrogen-bond acceptors (Lipinski definition) is 1. The molecule has 1 aromatic rings. The van der Waals surface area contributed by atoms with Gasteiger partial charge in [0.15, 0.2) is 17.5 Å². The molecule has 0 spiro atoms. The van der Waals surface area contributed by atoms with Gasteiger partial charge in [-0.25, -0.2) is 13.2 Å². The molecule has 0 heterocycles. The molecule has 0 aliphatic heterocycles. The van der Waals surface area contributed by atoms with Crippen LogP contribution in [0.4, 0.5) is 13.2 Å². The second kappa shape index (κ2) is 4.37. The SMILES string of the molecule is CSc1c(CBr)cc(F)c(F)c1F. The van der Waals surface area contributed by atoms with Gasteiger partial charge < -0.3 is 0 Å². The Balaban J connectivity index is 3.39. The van der Waals surface area contributed by atoms with Crippen molar-refractivity contribution in [3.05, 3.63) is 29.1 Å². The van der Waals surface area contributed by atoms with Crippen molar-refractivity contribution in [3.8, 4) is 0 Å². The second-order valence-electron chi connectivity index (χ2n) is 2.31. The molecule has 0 fully saturated rings. The minimum Gasteiger partial charge on any atom is -0.204 e. The minimum atomic E-state index is -1.41. The molecule has 72 valence electrons. The molecule has 13 heavy (non-hydrogen) atoms. The van der Waals surface area contributed by atoms with Gasteiger partial charge >= 0.3 is 0 Å². The van der Waals surface area contributed by atoms with Crippen molar-refractivity contribution >= 4 is 27.7 Å². The summed E-state index contributed by atoms with van der Waals surface area (Å²) in [7, 11) is 0. The number of thioether (sulfide) groups is 1. The number of benzene rings is 1. The largest absolute Gasteiger partial charge is 0.204 e. The molecule has 0 amide bonds. The fraction of sp³-hybridized carbons (Fsp3) is 0.250. The van der Waals surface area contributed by atoms with E-state index in [1.165, 1.54) is 0 Å². The number of rotatable bonds is 2. The Morgan fingerprint density at radius 3 is 2.38 bits per heavy atom. The highest BCUT2D eigenvalue weighted by Gasteiger charge is 2.16. The van der Waals surface area contributed by atoms with Gasteiger partial charge in [-0.3, -0.25) is 0 Å². The third-order valence-corrected chi connectivity index (χ3v) is 3.00. The molecule has 0 unspecified atom stereocenters. The molecule has 1 aromatic carbocycles. The lowest BCUT2D eigenvalue weighted by atomic mass is 10.2. The molecule has 0 N–H and O–H groups in total. The van der Waals surface area contributed by atoms with Crippen LogP contribution < -0.4 is 0 Å². The Labute approximate surface area is 86.6 Å². The monoisotopic (exact) mass is 270 g/mol. The van der Waals surface area contributed by atoms with Crippen LogP contribution in [-0.2, 0) is 5.33 Å². The Kier molecular flexibility index (Phi) is 3.67. The summed E-state index contributed by atoms with van der Waals surface area (Å²) in [6, 6.07) is 0.999. The first-order chi connectivity index (χ1) is 6.11. The highest BCUT2D eigenvalue weighted by molar-refractivity contribution is 9.08. The average molecular weight is 271 g/mol. The van der Waals surface area contributed by atoms with Crippen LogP contribution in [0.5, 0.6) is 0 Å². The van der Waals surface area contributed by atoms with E-state index in [4.69, 9.17) is 0 Å². The van der Waals surface area contributed by atoms with Crippen molar-refractivity contribution in [3.63, 3.8) is 0 Å². The van der Waals surface area contributed by atoms with Crippen LogP contribution >= 0.6 is 27.7 Å². The summed E-state index contributed by atoms with van der Waals surface area (Å²) in [6.07, 6.45) is 1.61. The lowest BCUT2D eigenvalue weighted by Gasteiger charge is -2.06. The van der Waals surface area contributed by atoms with E-state index >= 15 is 0 Å². The summed E-state index contributed by atoms with van der Waals surface area (Å²) in [4.78, 5) is 0.149. The first-order valence-electron chi connectivity index (χ1n) is 3.38. The molecule has 0 aromatic heterocycles. The van der Waals surface area contributed by atoms with Gasteiger partial charge in [-0.05, 0) is 17.9 Å². The Bertz CT molecular complexity index is 328. The molecule has 0 nitrogen and oxygen atoms in total. The van der Waals surface area contributed by atoms with Gasteiger partial charge in [0.1, 0.15) is 0 Å². The van der Waals surface area contributed by atoms with Gasteiger partial charge in [0.2, 0.25) is 0 Å². The van der Waals surface area contributed by atoms with E-state index in [-0.39, 0.29) is 4.90 Å². The number of halogens is 4. The van der Waals surface area contributed by atoms with Crippen molar-refractivity contribution in [2.45, 2.75) is 10.2 Å². The van der Waals surface area contributed by atoms with Crippen molar-refractivity contribution < 1.29 is 13.2 Å². The first kappa shape index (κ1) is 10.9. The zero-order chi connectivity index (χ0) is 10.0. The first-order valence-corrected chi connectivity index (χ1v) is 5.72. The average Bonchev–Trinajstić information content (AvgIpc) is 2.13. The maximum absolute atomic E-state index is 13.1. The fourth-order valence-corrected chi connectivity index (χ4v) is 2.24. The van der Waals surface area contributed by atoms with Crippen molar-refractivity contribution in [1.29, 1.82) is 0 Å². The summed E-state index contributed by atoms with van der Waals surface area (Å²) >= 11 is 4.13. The summed E-state index contributed by atoms with van der Waals surface area (Å²) in [5, 5.41) is 0.303. The molecule has 0 aliphatic rings. The Hall–Kier alpha value is -0.160. The maximum Gasteiger partial charge on any atom is 0.195 e. The summed E-state index contributed by atoms with van der Waals surface area (Å²) in [5.41, 5.74) is 0.420. The highest BCUT2D eigenvalue weighted by atomic mass is 79.9. The molecule has 5 heteroatoms. The van der Waals surface area contributed by atoms with E-state index in [0.29, 0.717) is 10.9 Å². The summed E-state index contributed by atoms with van der Waals surface area (Å²) in [5.74, 6) is -3.67. The molecule has 0 saturated carbocycles. The van der Waals surface area contributed by atoms with E-state index in [2.05, 4.69) is 15.9 Å². The Morgan fingerprint density at radius 1 is 1.31 bits per heavy atom. The second-order valence-corrected chi connectivity index (χ2v) is 3.69. The van der Waals surface area contributed by atoms with Crippen LogP contribution in [0.25, 0.3) is 0 Å². The molecule has 0 aliphatic carbocycles. The summed E-state index contributed by atoms with van der Waals surface area (Å²) in [6.45, 7) is 0. The predicted molar refractivity (Wildman–Crippen MR) is 50.7 cm³/mol. The predicted octanol–water partition coefficient (Wildman–Crippen LogP) is 3.72. The van der Waals surface area contributed by atoms with Crippen LogP contribution in [0, 0.1) is 17.5 Å². The minimum absolute atomic E-state index is 0.149. The lowest BCUT2D eigenvalue weighted by Crippen LogP contribution is -1.97. The van der Waals surface area contributed by atoms with Crippen LogP contribution in [0.2, 0.25) is 0 Å². The van der Waals surface area contributed by atoms with Crippen molar-refractivity contribution in [2.75, 3.05) is 6.26 Å². The van der Waals surface area contributed by atoms with E-state index in [1.54, 1.807) is 6.26 Å². The van der Waals surface area contributed by atoms with E-state index in [1.807, 2.05) is 0 Å². The van der Waals surface area contributed by atoms with Crippen LogP contribution in [-0.4, -0.2) is 6.26 Å². The number of alkyl halides is 1. The fourth-order valence-electron chi connectivity index (χ4n) is 0.947. The van der Waals surface area contributed by atoms with Gasteiger partial charge in [0, 0.05) is 5.33 Å². The van der Waals surface area contributed by atoms with E-state index in [9.17, 15) is 13.2 Å². The van der Waals surface area contributed by atoms with Gasteiger partial charge in [-0.15, -0.1) is 11.8 Å². The van der Waals surface area contributed by atoms with E-state index < -0.39 is 17.5 Å². The van der Waals surface area contributed by atoms with Crippen molar-refractivity contribution in [2.24, 2.45) is 0 Å². The molecule has 0 bridgehead atoms. The molecule has 0 atom stereocenters. The smallest absolute Gasteiger partial charge is 0.195 e. The van der Waals surface area contributed by atoms with E-state index in [0.717, 1.165) is 17.8 Å². The lowest BCUT2D eigenvalue weighted by molar-refractivity contribution is 0.433. The van der Waals surface area contributed by atoms with Gasteiger partial charge in [0.05, 0.1) is 4.90 Å². The Morgan fingerprint density at radius 2 is 1.92 bits per heavy atom. The third kappa shape index (κ3) is 2.02. The van der Waals surface area contributed by atoms with Crippen molar-refractivity contribution in [1.82, 2.24) is 0 Å². The zero-order valence-electron chi connectivity index (χ0n) is 6.70. The molecular weight excluding hydrogens is 265 g/mol. The number of hydrogen-bond donors (Lipinski definition) is 0. The van der Waals surface area contributed by atoms with Crippen LogP contribution in [0.1, 0.15) is 5.56 Å². The van der Waals surface area contributed by atoms with Crippen LogP contribution in [0.3, 0.4) is 0 Å². The van der Waals surface area contributed by atoms with Gasteiger partial charge in [-0.2, -0.15) is 0 Å². The molecular formula is C8H6BrF3S. The molecule has 0 saturated heterocycles. The quantitative estimate of drug-likeness (QED) is 0.449. The topological polar surface area (TPSA) is 0 Å². The van der Waals surface area contributed by atoms with Gasteiger partial charge in [-0.1, -0.05) is 15.9 Å². The molecule has 0 radical (unpaired) electrons. The maximum atomic E-state index is 13.1. The van der Waals surface area contributed by atoms with Gasteiger partial charge in [0.25, 0.3) is 0 Å². The summed E-state index contributed by atoms with van der Waals surface area (Å²) < 4.78 is 38.5. The third-order valence-electron chi connectivity index (χ3n) is 1.54.